The first-order valence-corrected chi connectivity index (χ1v) is 8.49. The van der Waals surface area contributed by atoms with Gasteiger partial charge in [0, 0.05) is 16.8 Å². The Morgan fingerprint density at radius 3 is 2.17 bits per heavy atom. The SMILES string of the molecule is COc1ccc(C(=NNc2ccc(N([O-])[O-])cc2N(O)O)c2ccccc2)cc1. The molecule has 150 valence electrons. The van der Waals surface area contributed by atoms with Crippen molar-refractivity contribution in [3.05, 3.63) is 94.3 Å². The Bertz CT molecular complexity index is 976. The molecule has 9 heteroatoms. The van der Waals surface area contributed by atoms with Crippen molar-refractivity contribution in [2.75, 3.05) is 23.0 Å². The standard InChI is InChI=1S/C20H18N4O5/c1-29-17-10-7-15(8-11-17)20(14-5-3-2-4-6-14)22-21-18-12-9-16(23(25)26)13-19(18)24(27)28/h2-13,21,27-28H,1H3/q-2. The molecular weight excluding hydrogens is 376 g/mol. The number of anilines is 3. The third-order valence-corrected chi connectivity index (χ3v) is 4.11. The molecule has 0 saturated heterocycles. The maximum Gasteiger partial charge on any atom is 0.121 e. The lowest BCUT2D eigenvalue weighted by atomic mass is 10.0. The lowest BCUT2D eigenvalue weighted by Crippen LogP contribution is -2.15. The van der Waals surface area contributed by atoms with E-state index in [2.05, 4.69) is 10.5 Å². The highest BCUT2D eigenvalue weighted by molar-refractivity contribution is 6.13. The van der Waals surface area contributed by atoms with Crippen LogP contribution >= 0.6 is 0 Å². The Morgan fingerprint density at radius 1 is 0.931 bits per heavy atom. The van der Waals surface area contributed by atoms with Crippen LogP contribution in [-0.4, -0.2) is 23.2 Å². The first-order valence-electron chi connectivity index (χ1n) is 8.49. The first-order chi connectivity index (χ1) is 14.0. The van der Waals surface area contributed by atoms with Crippen LogP contribution < -0.4 is 20.6 Å². The molecule has 0 heterocycles. The summed E-state index contributed by atoms with van der Waals surface area (Å²) in [7, 11) is 1.58. The van der Waals surface area contributed by atoms with Gasteiger partial charge in [-0.05, 0) is 42.5 Å². The molecule has 9 nitrogen and oxygen atoms in total. The summed E-state index contributed by atoms with van der Waals surface area (Å²) in [5.74, 6) is 0.697. The molecule has 0 aliphatic carbocycles. The highest BCUT2D eigenvalue weighted by atomic mass is 16.8. The second-order valence-corrected chi connectivity index (χ2v) is 5.91. The molecule has 3 aromatic carbocycles. The van der Waals surface area contributed by atoms with Gasteiger partial charge >= 0.3 is 0 Å². The van der Waals surface area contributed by atoms with Crippen molar-refractivity contribution < 1.29 is 15.2 Å². The minimum atomic E-state index is -0.632. The summed E-state index contributed by atoms with van der Waals surface area (Å²) in [6.45, 7) is 0. The zero-order chi connectivity index (χ0) is 20.8. The summed E-state index contributed by atoms with van der Waals surface area (Å²) in [5, 5.41) is 44.3. The Hall–Kier alpha value is -3.63. The molecule has 3 N–H and O–H groups in total. The quantitative estimate of drug-likeness (QED) is 0.406. The molecule has 3 aromatic rings. The molecule has 29 heavy (non-hydrogen) atoms. The average Bonchev–Trinajstić information content (AvgIpc) is 2.75. The summed E-state index contributed by atoms with van der Waals surface area (Å²) < 4.78 is 5.18. The van der Waals surface area contributed by atoms with Gasteiger partial charge < -0.3 is 20.4 Å². The molecule has 0 spiro atoms. The van der Waals surface area contributed by atoms with Gasteiger partial charge in [0.05, 0.1) is 18.5 Å². The topological polar surface area (TPSA) is 127 Å². The lowest BCUT2D eigenvalue weighted by Gasteiger charge is -2.37. The third kappa shape index (κ3) is 4.81. The van der Waals surface area contributed by atoms with Gasteiger partial charge in [-0.2, -0.15) is 5.10 Å². The number of ether oxygens (including phenoxy) is 1. The molecule has 0 bridgehead atoms. The van der Waals surface area contributed by atoms with Crippen molar-refractivity contribution in [3.8, 4) is 5.75 Å². The highest BCUT2D eigenvalue weighted by Gasteiger charge is 2.11. The van der Waals surface area contributed by atoms with Crippen molar-refractivity contribution in [1.29, 1.82) is 0 Å². The number of hydrogen-bond acceptors (Lipinski definition) is 9. The monoisotopic (exact) mass is 394 g/mol. The Morgan fingerprint density at radius 2 is 1.59 bits per heavy atom. The minimum absolute atomic E-state index is 0.169. The van der Waals surface area contributed by atoms with E-state index in [0.29, 0.717) is 11.5 Å². The van der Waals surface area contributed by atoms with Crippen LogP contribution in [0.3, 0.4) is 0 Å². The zero-order valence-corrected chi connectivity index (χ0v) is 15.4. The fourth-order valence-corrected chi connectivity index (χ4v) is 2.65. The van der Waals surface area contributed by atoms with Crippen molar-refractivity contribution >= 4 is 22.8 Å². The predicted molar refractivity (Wildman–Crippen MR) is 110 cm³/mol. The summed E-state index contributed by atoms with van der Waals surface area (Å²) in [5.41, 5.74) is 4.61. The summed E-state index contributed by atoms with van der Waals surface area (Å²) >= 11 is 0. The fraction of sp³-hybridized carbons (Fsp3) is 0.0500. The smallest absolute Gasteiger partial charge is 0.121 e. The molecule has 0 amide bonds. The minimum Gasteiger partial charge on any atom is -0.769 e. The molecule has 3 rings (SSSR count). The van der Waals surface area contributed by atoms with Crippen LogP contribution in [0.4, 0.5) is 17.1 Å². The number of nitrogens with one attached hydrogen (secondary N) is 1. The third-order valence-electron chi connectivity index (χ3n) is 4.11. The van der Waals surface area contributed by atoms with Crippen LogP contribution in [0.1, 0.15) is 11.1 Å². The molecule has 0 radical (unpaired) electrons. The molecule has 0 atom stereocenters. The summed E-state index contributed by atoms with van der Waals surface area (Å²) in [6, 6.07) is 20.3. The molecule has 0 fully saturated rings. The number of rotatable bonds is 7. The van der Waals surface area contributed by atoms with E-state index in [1.807, 2.05) is 42.5 Å². The lowest BCUT2D eigenvalue weighted by molar-refractivity contribution is 0.0295. The van der Waals surface area contributed by atoms with E-state index in [-0.39, 0.29) is 22.3 Å². The normalized spacial score (nSPS) is 11.1. The average molecular weight is 394 g/mol. The number of nitrogens with zero attached hydrogens (tertiary/aromatic N) is 3. The van der Waals surface area contributed by atoms with Crippen LogP contribution in [0.2, 0.25) is 0 Å². The van der Waals surface area contributed by atoms with E-state index in [4.69, 9.17) is 4.74 Å². The maximum absolute atomic E-state index is 10.9. The van der Waals surface area contributed by atoms with Crippen LogP contribution in [0.5, 0.6) is 5.75 Å². The summed E-state index contributed by atoms with van der Waals surface area (Å²) in [4.78, 5) is 0. The fourth-order valence-electron chi connectivity index (χ4n) is 2.65. The van der Waals surface area contributed by atoms with E-state index in [0.717, 1.165) is 17.2 Å². The first kappa shape index (κ1) is 20.1. The van der Waals surface area contributed by atoms with Crippen molar-refractivity contribution in [2.24, 2.45) is 5.10 Å². The van der Waals surface area contributed by atoms with Gasteiger partial charge in [0.1, 0.15) is 11.4 Å². The Balaban J connectivity index is 2.01. The van der Waals surface area contributed by atoms with Gasteiger partial charge in [0.2, 0.25) is 0 Å². The Labute approximate surface area is 166 Å². The molecular formula is C20H18N4O5-2. The van der Waals surface area contributed by atoms with Crippen LogP contribution in [-0.2, 0) is 0 Å². The van der Waals surface area contributed by atoms with Crippen molar-refractivity contribution in [3.63, 3.8) is 0 Å². The highest BCUT2D eigenvalue weighted by Crippen LogP contribution is 2.29. The van der Waals surface area contributed by atoms with E-state index >= 15 is 0 Å². The molecule has 0 saturated carbocycles. The van der Waals surface area contributed by atoms with E-state index in [1.165, 1.54) is 12.1 Å². The van der Waals surface area contributed by atoms with Crippen molar-refractivity contribution in [2.45, 2.75) is 0 Å². The van der Waals surface area contributed by atoms with Gasteiger partial charge in [-0.3, -0.25) is 15.8 Å². The maximum atomic E-state index is 10.9. The molecule has 0 unspecified atom stereocenters. The van der Waals surface area contributed by atoms with Gasteiger partial charge in [0.15, 0.2) is 0 Å². The van der Waals surface area contributed by atoms with Gasteiger partial charge in [-0.15, -0.1) is 5.23 Å². The van der Waals surface area contributed by atoms with Crippen LogP contribution in [0.15, 0.2) is 77.9 Å². The number of benzene rings is 3. The van der Waals surface area contributed by atoms with Crippen molar-refractivity contribution in [1.82, 2.24) is 0 Å². The van der Waals surface area contributed by atoms with Gasteiger partial charge in [-0.1, -0.05) is 30.3 Å². The van der Waals surface area contributed by atoms with Gasteiger partial charge in [0.25, 0.3) is 0 Å². The van der Waals surface area contributed by atoms with E-state index < -0.39 is 5.23 Å². The van der Waals surface area contributed by atoms with Crippen LogP contribution in [0.25, 0.3) is 0 Å². The number of hydrogen-bond donors (Lipinski definition) is 3. The molecule has 0 aliphatic heterocycles. The molecule has 0 aromatic heterocycles. The molecule has 0 aliphatic rings. The van der Waals surface area contributed by atoms with E-state index in [9.17, 15) is 20.8 Å². The summed E-state index contributed by atoms with van der Waals surface area (Å²) in [6.07, 6.45) is 0. The predicted octanol–water partition coefficient (Wildman–Crippen LogP) is 3.95. The van der Waals surface area contributed by atoms with Gasteiger partial charge in [-0.25, -0.2) is 0 Å². The zero-order valence-electron chi connectivity index (χ0n) is 15.4. The second kappa shape index (κ2) is 9.04. The van der Waals surface area contributed by atoms with Crippen LogP contribution in [0, 0.1) is 10.4 Å². The second-order valence-electron chi connectivity index (χ2n) is 5.91. The largest absolute Gasteiger partial charge is 0.769 e. The number of methoxy groups -OCH3 is 1. The Kier molecular flexibility index (Phi) is 6.27. The van der Waals surface area contributed by atoms with E-state index in [1.54, 1.807) is 19.2 Å². The number of hydrazone groups is 1.